The minimum Gasteiger partial charge on any atom is -0.385 e. The molecule has 130 valence electrons. The number of hydrogen-bond acceptors (Lipinski definition) is 5. The molecule has 0 bridgehead atoms. The summed E-state index contributed by atoms with van der Waals surface area (Å²) in [6, 6.07) is 0.552. The Kier molecular flexibility index (Phi) is 5.69. The molecule has 1 aromatic heterocycles. The number of aromatic nitrogens is 2. The van der Waals surface area contributed by atoms with Crippen molar-refractivity contribution in [1.29, 1.82) is 0 Å². The zero-order valence-corrected chi connectivity index (χ0v) is 14.2. The van der Waals surface area contributed by atoms with Gasteiger partial charge in [-0.2, -0.15) is 5.10 Å². The summed E-state index contributed by atoms with van der Waals surface area (Å²) in [6.07, 6.45) is 10.4. The molecule has 0 radical (unpaired) electrons. The lowest BCUT2D eigenvalue weighted by atomic mass is 9.92. The predicted molar refractivity (Wildman–Crippen MR) is 89.1 cm³/mol. The van der Waals surface area contributed by atoms with E-state index in [0.717, 1.165) is 13.1 Å². The first-order chi connectivity index (χ1) is 11.1. The van der Waals surface area contributed by atoms with Crippen LogP contribution in [-0.2, 0) is 18.3 Å². The average Bonchev–Trinajstić information content (AvgIpc) is 2.83. The topological polar surface area (TPSA) is 62.5 Å². The van der Waals surface area contributed by atoms with Crippen molar-refractivity contribution in [2.75, 3.05) is 32.8 Å². The molecule has 2 heterocycles. The summed E-state index contributed by atoms with van der Waals surface area (Å²) in [5.74, 6) is 0. The normalized spacial score (nSPS) is 27.3. The molecule has 0 aromatic carbocycles. The summed E-state index contributed by atoms with van der Waals surface area (Å²) in [5.41, 5.74) is 0.403. The Morgan fingerprint density at radius 2 is 2.26 bits per heavy atom. The molecule has 1 atom stereocenters. The van der Waals surface area contributed by atoms with E-state index >= 15 is 0 Å². The summed E-state index contributed by atoms with van der Waals surface area (Å²) in [5, 5.41) is 18.6. The first-order valence-corrected chi connectivity index (χ1v) is 8.87. The molecule has 1 saturated heterocycles. The molecule has 0 spiro atoms. The van der Waals surface area contributed by atoms with Gasteiger partial charge in [0.05, 0.1) is 19.4 Å². The summed E-state index contributed by atoms with van der Waals surface area (Å²) in [7, 11) is 1.95. The minimum absolute atomic E-state index is 0.413. The summed E-state index contributed by atoms with van der Waals surface area (Å²) >= 11 is 0. The van der Waals surface area contributed by atoms with Crippen molar-refractivity contribution < 1.29 is 9.84 Å². The van der Waals surface area contributed by atoms with Crippen LogP contribution in [-0.4, -0.2) is 64.3 Å². The van der Waals surface area contributed by atoms with E-state index in [1.165, 1.54) is 37.7 Å². The van der Waals surface area contributed by atoms with Gasteiger partial charge in [-0.15, -0.1) is 0 Å². The number of aliphatic hydroxyl groups is 1. The van der Waals surface area contributed by atoms with Crippen LogP contribution in [0, 0.1) is 0 Å². The van der Waals surface area contributed by atoms with Crippen molar-refractivity contribution in [2.24, 2.45) is 7.05 Å². The standard InChI is InChI=1S/C17H30N4O2/c1-20-10-15(9-19-20)11-21(16-5-3-2-4-6-16)13-17(22)12-18-7-8-23-14-17/h9-10,16,18,22H,2-8,11-14H2,1H3/t17-/m0/s1. The van der Waals surface area contributed by atoms with Gasteiger partial charge in [-0.3, -0.25) is 9.58 Å². The van der Waals surface area contributed by atoms with E-state index < -0.39 is 5.60 Å². The van der Waals surface area contributed by atoms with Crippen LogP contribution in [0.2, 0.25) is 0 Å². The highest BCUT2D eigenvalue weighted by atomic mass is 16.5. The highest BCUT2D eigenvalue weighted by Gasteiger charge is 2.34. The summed E-state index contributed by atoms with van der Waals surface area (Å²) in [4.78, 5) is 2.45. The quantitative estimate of drug-likeness (QED) is 0.843. The number of rotatable bonds is 5. The zero-order chi connectivity index (χ0) is 16.1. The van der Waals surface area contributed by atoms with Gasteiger partial charge in [-0.25, -0.2) is 0 Å². The molecule has 6 heteroatoms. The fraction of sp³-hybridized carbons (Fsp3) is 0.824. The lowest BCUT2D eigenvalue weighted by molar-refractivity contribution is -0.0604. The molecule has 2 N–H and O–H groups in total. The van der Waals surface area contributed by atoms with Crippen molar-refractivity contribution in [1.82, 2.24) is 20.0 Å². The molecule has 0 unspecified atom stereocenters. The van der Waals surface area contributed by atoms with Gasteiger partial charge < -0.3 is 15.2 Å². The van der Waals surface area contributed by atoms with Crippen LogP contribution in [0.25, 0.3) is 0 Å². The van der Waals surface area contributed by atoms with Crippen LogP contribution in [0.4, 0.5) is 0 Å². The third kappa shape index (κ3) is 4.76. The molecule has 23 heavy (non-hydrogen) atoms. The Morgan fingerprint density at radius 1 is 1.43 bits per heavy atom. The van der Waals surface area contributed by atoms with Crippen molar-refractivity contribution in [2.45, 2.75) is 50.3 Å². The lowest BCUT2D eigenvalue weighted by Crippen LogP contribution is -2.53. The zero-order valence-electron chi connectivity index (χ0n) is 14.2. The van der Waals surface area contributed by atoms with Crippen LogP contribution < -0.4 is 5.32 Å². The third-order valence-corrected chi connectivity index (χ3v) is 4.98. The largest absolute Gasteiger partial charge is 0.385 e. The van der Waals surface area contributed by atoms with Gasteiger partial charge in [0.2, 0.25) is 0 Å². The number of nitrogens with zero attached hydrogens (tertiary/aromatic N) is 3. The second kappa shape index (κ2) is 7.75. The molecule has 1 aliphatic heterocycles. The Bertz CT molecular complexity index is 477. The molecular weight excluding hydrogens is 292 g/mol. The van der Waals surface area contributed by atoms with Crippen LogP contribution >= 0.6 is 0 Å². The molecule has 3 rings (SSSR count). The number of hydrogen-bond donors (Lipinski definition) is 2. The van der Waals surface area contributed by atoms with Crippen molar-refractivity contribution in [3.8, 4) is 0 Å². The Labute approximate surface area is 138 Å². The second-order valence-corrected chi connectivity index (χ2v) is 7.17. The molecular formula is C17H30N4O2. The molecule has 2 fully saturated rings. The van der Waals surface area contributed by atoms with Gasteiger partial charge in [-0.1, -0.05) is 19.3 Å². The van der Waals surface area contributed by atoms with Gasteiger partial charge in [0.1, 0.15) is 5.60 Å². The number of ether oxygens (including phenoxy) is 1. The Balaban J connectivity index is 1.70. The molecule has 1 aromatic rings. The van der Waals surface area contributed by atoms with E-state index in [2.05, 4.69) is 21.5 Å². The molecule has 2 aliphatic rings. The van der Waals surface area contributed by atoms with Crippen molar-refractivity contribution in [3.05, 3.63) is 18.0 Å². The maximum absolute atomic E-state index is 11.0. The van der Waals surface area contributed by atoms with E-state index in [9.17, 15) is 5.11 Å². The van der Waals surface area contributed by atoms with Gasteiger partial charge in [0.25, 0.3) is 0 Å². The van der Waals surface area contributed by atoms with Crippen LogP contribution in [0.5, 0.6) is 0 Å². The van der Waals surface area contributed by atoms with E-state index in [1.807, 2.05) is 17.9 Å². The van der Waals surface area contributed by atoms with Gasteiger partial charge in [0, 0.05) is 51.0 Å². The molecule has 0 amide bonds. The smallest absolute Gasteiger partial charge is 0.113 e. The molecule has 1 saturated carbocycles. The third-order valence-electron chi connectivity index (χ3n) is 4.98. The van der Waals surface area contributed by atoms with Crippen LogP contribution in [0.1, 0.15) is 37.7 Å². The maximum atomic E-state index is 11.0. The average molecular weight is 322 g/mol. The molecule has 1 aliphatic carbocycles. The number of β-amino-alcohol motifs (C(OH)–C–C–N with tert-alkyl or cyclic N) is 1. The molecule has 6 nitrogen and oxygen atoms in total. The second-order valence-electron chi connectivity index (χ2n) is 7.17. The Hall–Kier alpha value is -0.950. The van der Waals surface area contributed by atoms with E-state index in [1.54, 1.807) is 0 Å². The van der Waals surface area contributed by atoms with Gasteiger partial charge in [-0.05, 0) is 12.8 Å². The lowest BCUT2D eigenvalue weighted by Gasteiger charge is -2.39. The first-order valence-electron chi connectivity index (χ1n) is 8.87. The van der Waals surface area contributed by atoms with Crippen LogP contribution in [0.3, 0.4) is 0 Å². The minimum atomic E-state index is -0.809. The fourth-order valence-corrected chi connectivity index (χ4v) is 3.81. The first kappa shape index (κ1) is 16.9. The van der Waals surface area contributed by atoms with Crippen molar-refractivity contribution in [3.63, 3.8) is 0 Å². The van der Waals surface area contributed by atoms with Gasteiger partial charge >= 0.3 is 0 Å². The summed E-state index contributed by atoms with van der Waals surface area (Å²) < 4.78 is 7.44. The monoisotopic (exact) mass is 322 g/mol. The van der Waals surface area contributed by atoms with Gasteiger partial charge in [0.15, 0.2) is 0 Å². The number of nitrogens with one attached hydrogen (secondary N) is 1. The van der Waals surface area contributed by atoms with E-state index in [0.29, 0.717) is 32.3 Å². The highest BCUT2D eigenvalue weighted by Crippen LogP contribution is 2.26. The number of aryl methyl sites for hydroxylation is 1. The fourth-order valence-electron chi connectivity index (χ4n) is 3.81. The maximum Gasteiger partial charge on any atom is 0.113 e. The highest BCUT2D eigenvalue weighted by molar-refractivity contribution is 5.04. The van der Waals surface area contributed by atoms with E-state index in [4.69, 9.17) is 4.74 Å². The predicted octanol–water partition coefficient (Wildman–Crippen LogP) is 0.906. The Morgan fingerprint density at radius 3 is 3.00 bits per heavy atom. The summed E-state index contributed by atoms with van der Waals surface area (Å²) in [6.45, 7) is 4.00. The van der Waals surface area contributed by atoms with Crippen LogP contribution in [0.15, 0.2) is 12.4 Å². The van der Waals surface area contributed by atoms with Crippen molar-refractivity contribution >= 4 is 0 Å². The SMILES string of the molecule is Cn1cc(CN(C[C@@]2(O)CNCCOC2)C2CCCCC2)cn1. The van der Waals surface area contributed by atoms with E-state index in [-0.39, 0.29) is 0 Å².